The number of aromatic nitrogens is 1. The molecule has 4 aromatic carbocycles. The summed E-state index contributed by atoms with van der Waals surface area (Å²) in [6.45, 7) is 7.43. The van der Waals surface area contributed by atoms with Gasteiger partial charge in [0.2, 0.25) is 0 Å². The van der Waals surface area contributed by atoms with Gasteiger partial charge in [-0.2, -0.15) is 0 Å². The van der Waals surface area contributed by atoms with Gasteiger partial charge in [-0.25, -0.2) is 4.98 Å². The molecule has 2 heterocycles. The lowest BCUT2D eigenvalue weighted by Gasteiger charge is -2.37. The van der Waals surface area contributed by atoms with Crippen molar-refractivity contribution in [3.63, 3.8) is 0 Å². The minimum Gasteiger partial charge on any atom is -0.427 e. The van der Waals surface area contributed by atoms with Crippen molar-refractivity contribution in [1.82, 2.24) is 4.98 Å². The molecule has 0 bridgehead atoms. The standard InChI is InChI=1S/C29H26BNO2S2/c1-28(2,32)29(3,4)33-30-19-11-12-21-22-15-18(10-13-23(22)34-25(21)16-19)27-31-26-20-8-6-5-7-17(20)9-14-24(26)35-27/h5-16,30,32H,1-4H3. The van der Waals surface area contributed by atoms with Crippen LogP contribution in [0, 0.1) is 0 Å². The molecule has 6 heteroatoms. The largest absolute Gasteiger partial charge is 0.427 e. The highest BCUT2D eigenvalue weighted by molar-refractivity contribution is 7.26. The second kappa shape index (κ2) is 8.14. The van der Waals surface area contributed by atoms with Crippen molar-refractivity contribution in [3.05, 3.63) is 72.8 Å². The summed E-state index contributed by atoms with van der Waals surface area (Å²) < 4.78 is 9.82. The lowest BCUT2D eigenvalue weighted by atomic mass is 9.82. The summed E-state index contributed by atoms with van der Waals surface area (Å²) in [5, 5.41) is 16.4. The number of thiophene rings is 1. The zero-order valence-corrected chi connectivity index (χ0v) is 21.9. The minimum absolute atomic E-state index is 0.464. The zero-order chi connectivity index (χ0) is 24.4. The van der Waals surface area contributed by atoms with Crippen LogP contribution in [0.3, 0.4) is 0 Å². The fourth-order valence-corrected chi connectivity index (χ4v) is 6.40. The van der Waals surface area contributed by atoms with E-state index in [9.17, 15) is 5.11 Å². The van der Waals surface area contributed by atoms with E-state index >= 15 is 0 Å². The van der Waals surface area contributed by atoms with Gasteiger partial charge in [-0.05, 0) is 57.3 Å². The van der Waals surface area contributed by atoms with Gasteiger partial charge in [-0.1, -0.05) is 54.0 Å². The van der Waals surface area contributed by atoms with Crippen molar-refractivity contribution < 1.29 is 9.76 Å². The van der Waals surface area contributed by atoms with E-state index < -0.39 is 11.2 Å². The number of hydrogen-bond donors (Lipinski definition) is 1. The molecule has 0 spiro atoms. The average Bonchev–Trinajstić information content (AvgIpc) is 3.43. The van der Waals surface area contributed by atoms with Crippen LogP contribution in [0.25, 0.3) is 51.7 Å². The molecular weight excluding hydrogens is 469 g/mol. The molecule has 0 aliphatic heterocycles. The molecule has 0 fully saturated rings. The van der Waals surface area contributed by atoms with Crippen molar-refractivity contribution >= 4 is 76.8 Å². The maximum Gasteiger partial charge on any atom is 0.309 e. The number of nitrogens with zero attached hydrogens (tertiary/aromatic N) is 1. The van der Waals surface area contributed by atoms with E-state index in [0.29, 0.717) is 7.48 Å². The number of thiazole rings is 1. The lowest BCUT2D eigenvalue weighted by Crippen LogP contribution is -2.49. The van der Waals surface area contributed by atoms with Gasteiger partial charge in [0, 0.05) is 31.1 Å². The SMILES string of the molecule is CC(C)(O)C(C)(C)OBc1ccc2c(c1)sc1ccc(-c3nc4c(ccc5ccccc54)s3)cc12. The van der Waals surface area contributed by atoms with Gasteiger partial charge in [-0.3, -0.25) is 0 Å². The number of benzene rings is 4. The van der Waals surface area contributed by atoms with E-state index in [2.05, 4.69) is 72.8 Å². The van der Waals surface area contributed by atoms with Crippen molar-refractivity contribution in [2.75, 3.05) is 0 Å². The first kappa shape index (κ1) is 22.7. The maximum absolute atomic E-state index is 10.4. The Kier molecular flexibility index (Phi) is 5.27. The highest BCUT2D eigenvalue weighted by Gasteiger charge is 2.35. The predicted octanol–water partition coefficient (Wildman–Crippen LogP) is 7.03. The zero-order valence-electron chi connectivity index (χ0n) is 20.3. The van der Waals surface area contributed by atoms with Crippen LogP contribution < -0.4 is 5.46 Å². The third-order valence-electron chi connectivity index (χ3n) is 7.14. The van der Waals surface area contributed by atoms with E-state index in [0.717, 1.165) is 21.6 Å². The van der Waals surface area contributed by atoms with Gasteiger partial charge in [0.05, 0.1) is 21.4 Å². The Morgan fingerprint density at radius 3 is 2.40 bits per heavy atom. The second-order valence-corrected chi connectivity index (χ2v) is 12.3. The molecular formula is C29H26BNO2S2. The van der Waals surface area contributed by atoms with Crippen LogP contribution in [0.2, 0.25) is 0 Å². The molecule has 2 aromatic heterocycles. The molecule has 35 heavy (non-hydrogen) atoms. The summed E-state index contributed by atoms with van der Waals surface area (Å²) >= 11 is 3.55. The Balaban J connectivity index is 1.37. The van der Waals surface area contributed by atoms with Crippen molar-refractivity contribution in [2.24, 2.45) is 0 Å². The predicted molar refractivity (Wildman–Crippen MR) is 154 cm³/mol. The highest BCUT2D eigenvalue weighted by Crippen LogP contribution is 2.39. The topological polar surface area (TPSA) is 42.4 Å². The molecule has 0 radical (unpaired) electrons. The van der Waals surface area contributed by atoms with Crippen LogP contribution in [-0.4, -0.2) is 28.8 Å². The Hall–Kier alpha value is -2.77. The third kappa shape index (κ3) is 3.95. The molecule has 0 unspecified atom stereocenters. The first-order valence-electron chi connectivity index (χ1n) is 11.8. The molecule has 6 rings (SSSR count). The van der Waals surface area contributed by atoms with E-state index in [1.807, 2.05) is 13.8 Å². The molecule has 6 aromatic rings. The Morgan fingerprint density at radius 1 is 0.771 bits per heavy atom. The number of fused-ring (bicyclic) bond motifs is 6. The van der Waals surface area contributed by atoms with Crippen LogP contribution in [0.5, 0.6) is 0 Å². The van der Waals surface area contributed by atoms with E-state index in [1.54, 1.807) is 36.5 Å². The Morgan fingerprint density at radius 2 is 1.57 bits per heavy atom. The Bertz CT molecular complexity index is 1730. The van der Waals surface area contributed by atoms with Crippen LogP contribution in [0.1, 0.15) is 27.7 Å². The summed E-state index contributed by atoms with van der Waals surface area (Å²) in [5.41, 5.74) is 1.79. The van der Waals surface area contributed by atoms with Gasteiger partial charge < -0.3 is 9.76 Å². The van der Waals surface area contributed by atoms with E-state index in [1.165, 1.54) is 35.6 Å². The highest BCUT2D eigenvalue weighted by atomic mass is 32.1. The lowest BCUT2D eigenvalue weighted by molar-refractivity contribution is -0.0893. The first-order valence-corrected chi connectivity index (χ1v) is 13.4. The van der Waals surface area contributed by atoms with Crippen LogP contribution in [0.4, 0.5) is 0 Å². The molecule has 1 N–H and O–H groups in total. The van der Waals surface area contributed by atoms with Crippen LogP contribution >= 0.6 is 22.7 Å². The summed E-state index contributed by atoms with van der Waals surface area (Å²) in [7, 11) is 0.464. The van der Waals surface area contributed by atoms with Gasteiger partial charge in [0.1, 0.15) is 5.01 Å². The summed E-state index contributed by atoms with van der Waals surface area (Å²) in [5.74, 6) is 0. The quantitative estimate of drug-likeness (QED) is 0.261. The maximum atomic E-state index is 10.4. The number of rotatable bonds is 5. The van der Waals surface area contributed by atoms with Crippen molar-refractivity contribution in [1.29, 1.82) is 0 Å². The smallest absolute Gasteiger partial charge is 0.309 e. The van der Waals surface area contributed by atoms with Gasteiger partial charge in [-0.15, -0.1) is 22.7 Å². The van der Waals surface area contributed by atoms with Crippen LogP contribution in [0.15, 0.2) is 72.8 Å². The second-order valence-electron chi connectivity index (χ2n) is 10.2. The molecule has 0 aliphatic carbocycles. The normalized spacial score (nSPS) is 12.8. The molecule has 0 aliphatic rings. The van der Waals surface area contributed by atoms with E-state index in [-0.39, 0.29) is 0 Å². The number of hydrogen-bond acceptors (Lipinski definition) is 5. The van der Waals surface area contributed by atoms with Gasteiger partial charge in [0.25, 0.3) is 0 Å². The molecule has 0 saturated carbocycles. The molecule has 3 nitrogen and oxygen atoms in total. The third-order valence-corrected chi connectivity index (χ3v) is 9.34. The fourth-order valence-electron chi connectivity index (χ4n) is 4.27. The van der Waals surface area contributed by atoms with Gasteiger partial charge in [0.15, 0.2) is 0 Å². The summed E-state index contributed by atoms with van der Waals surface area (Å²) in [6.07, 6.45) is 0. The molecule has 0 atom stereocenters. The summed E-state index contributed by atoms with van der Waals surface area (Å²) in [6, 6.07) is 26.0. The summed E-state index contributed by atoms with van der Waals surface area (Å²) in [4.78, 5) is 5.05. The van der Waals surface area contributed by atoms with E-state index in [4.69, 9.17) is 9.64 Å². The molecule has 174 valence electrons. The minimum atomic E-state index is -0.919. The van der Waals surface area contributed by atoms with Crippen molar-refractivity contribution in [3.8, 4) is 10.6 Å². The Labute approximate surface area is 213 Å². The first-order chi connectivity index (χ1) is 16.7. The molecule has 0 saturated heterocycles. The van der Waals surface area contributed by atoms with Gasteiger partial charge >= 0.3 is 7.48 Å². The number of aliphatic hydroxyl groups is 1. The van der Waals surface area contributed by atoms with Crippen LogP contribution in [-0.2, 0) is 4.65 Å². The molecule has 0 amide bonds. The van der Waals surface area contributed by atoms with Crippen molar-refractivity contribution in [2.45, 2.75) is 38.9 Å². The fraction of sp³-hybridized carbons (Fsp3) is 0.207. The average molecular weight is 495 g/mol. The monoisotopic (exact) mass is 495 g/mol.